The van der Waals surface area contributed by atoms with E-state index in [4.69, 9.17) is 0 Å². The molecule has 0 saturated carbocycles. The smallest absolute Gasteiger partial charge is 0.0158 e. The maximum Gasteiger partial charge on any atom is 0.0158 e. The van der Waals surface area contributed by atoms with E-state index in [1.807, 2.05) is 11.8 Å². The fraction of sp³-hybridized carbons (Fsp3) is 0.250. The fourth-order valence-corrected chi connectivity index (χ4v) is 4.59. The Balaban J connectivity index is 1.62. The van der Waals surface area contributed by atoms with Crippen LogP contribution in [0.2, 0.25) is 0 Å². The van der Waals surface area contributed by atoms with Gasteiger partial charge in [0.2, 0.25) is 0 Å². The molecule has 126 valence electrons. The van der Waals surface area contributed by atoms with Gasteiger partial charge in [-0.25, -0.2) is 0 Å². The molecule has 0 aromatic heterocycles. The third kappa shape index (κ3) is 3.26. The Bertz CT molecular complexity index is 890. The van der Waals surface area contributed by atoms with Crippen molar-refractivity contribution in [3.63, 3.8) is 0 Å². The molecule has 1 heteroatoms. The first-order chi connectivity index (χ1) is 12.1. The lowest BCUT2D eigenvalue weighted by Crippen LogP contribution is -2.03. The molecule has 1 unspecified atom stereocenters. The summed E-state index contributed by atoms with van der Waals surface area (Å²) < 4.78 is 0. The first-order valence-corrected chi connectivity index (χ1v) is 9.92. The lowest BCUT2D eigenvalue weighted by Gasteiger charge is -2.21. The van der Waals surface area contributed by atoms with Crippen LogP contribution >= 0.6 is 11.8 Å². The molecule has 1 heterocycles. The molecule has 1 aliphatic rings. The Labute approximate surface area is 155 Å². The molecule has 0 aliphatic carbocycles. The van der Waals surface area contributed by atoms with E-state index in [-0.39, 0.29) is 0 Å². The third-order valence-corrected chi connectivity index (χ3v) is 6.50. The topological polar surface area (TPSA) is 0 Å². The second kappa shape index (κ2) is 6.72. The second-order valence-electron chi connectivity index (χ2n) is 7.30. The zero-order chi connectivity index (χ0) is 17.4. The van der Waals surface area contributed by atoms with Gasteiger partial charge in [-0.1, -0.05) is 87.1 Å². The standard InChI is InChI=1S/C24H24S/c1-16(2)18-8-10-19(11-9-18)17(3)20-12-13-24-22(14-20)15-21-6-4-5-7-23(21)25-24/h4-14,16-17H,15H2,1-3H3. The van der Waals surface area contributed by atoms with Crippen LogP contribution in [-0.4, -0.2) is 0 Å². The highest BCUT2D eigenvalue weighted by atomic mass is 32.2. The van der Waals surface area contributed by atoms with Gasteiger partial charge in [0.1, 0.15) is 0 Å². The Hall–Kier alpha value is -1.99. The molecule has 25 heavy (non-hydrogen) atoms. The van der Waals surface area contributed by atoms with E-state index in [1.165, 1.54) is 37.6 Å². The van der Waals surface area contributed by atoms with Crippen LogP contribution in [0, 0.1) is 0 Å². The van der Waals surface area contributed by atoms with Crippen LogP contribution in [0.3, 0.4) is 0 Å². The number of benzene rings is 3. The van der Waals surface area contributed by atoms with Gasteiger partial charge in [-0.2, -0.15) is 0 Å². The van der Waals surface area contributed by atoms with E-state index < -0.39 is 0 Å². The highest BCUT2D eigenvalue weighted by molar-refractivity contribution is 7.99. The molecule has 0 fully saturated rings. The van der Waals surface area contributed by atoms with Crippen LogP contribution in [-0.2, 0) is 6.42 Å². The maximum atomic E-state index is 2.42. The Morgan fingerprint density at radius 1 is 0.680 bits per heavy atom. The van der Waals surface area contributed by atoms with Gasteiger partial charge in [-0.3, -0.25) is 0 Å². The lowest BCUT2D eigenvalue weighted by atomic mass is 9.89. The number of fused-ring (bicyclic) bond motifs is 2. The minimum absolute atomic E-state index is 0.425. The van der Waals surface area contributed by atoms with Gasteiger partial charge < -0.3 is 0 Å². The molecular formula is C24H24S. The van der Waals surface area contributed by atoms with E-state index in [1.54, 1.807) is 0 Å². The normalized spacial score (nSPS) is 14.1. The Morgan fingerprint density at radius 3 is 2.08 bits per heavy atom. The average molecular weight is 345 g/mol. The van der Waals surface area contributed by atoms with Crippen molar-refractivity contribution in [3.8, 4) is 0 Å². The Morgan fingerprint density at radius 2 is 1.32 bits per heavy atom. The van der Waals surface area contributed by atoms with Crippen molar-refractivity contribution in [1.82, 2.24) is 0 Å². The summed E-state index contributed by atoms with van der Waals surface area (Å²) >= 11 is 1.90. The van der Waals surface area contributed by atoms with Crippen molar-refractivity contribution in [2.75, 3.05) is 0 Å². The van der Waals surface area contributed by atoms with Crippen LogP contribution in [0.5, 0.6) is 0 Å². The second-order valence-corrected chi connectivity index (χ2v) is 8.38. The van der Waals surface area contributed by atoms with E-state index in [9.17, 15) is 0 Å². The minimum Gasteiger partial charge on any atom is -0.0895 e. The molecule has 0 amide bonds. The van der Waals surface area contributed by atoms with Gasteiger partial charge in [0.25, 0.3) is 0 Å². The molecule has 0 bridgehead atoms. The fourth-order valence-electron chi connectivity index (χ4n) is 3.54. The number of hydrogen-bond donors (Lipinski definition) is 0. The van der Waals surface area contributed by atoms with Crippen molar-refractivity contribution >= 4 is 11.8 Å². The van der Waals surface area contributed by atoms with E-state index in [2.05, 4.69) is 87.5 Å². The Kier molecular flexibility index (Phi) is 4.43. The van der Waals surface area contributed by atoms with Crippen molar-refractivity contribution in [2.45, 2.75) is 48.8 Å². The predicted molar refractivity (Wildman–Crippen MR) is 108 cm³/mol. The molecule has 1 aliphatic heterocycles. The van der Waals surface area contributed by atoms with Crippen LogP contribution in [0.25, 0.3) is 0 Å². The number of rotatable bonds is 3. The summed E-state index contributed by atoms with van der Waals surface area (Å²) in [4.78, 5) is 2.81. The highest BCUT2D eigenvalue weighted by Gasteiger charge is 2.17. The summed E-state index contributed by atoms with van der Waals surface area (Å²) in [6.07, 6.45) is 1.05. The van der Waals surface area contributed by atoms with Crippen molar-refractivity contribution < 1.29 is 0 Å². The summed E-state index contributed by atoms with van der Waals surface area (Å²) in [7, 11) is 0. The molecule has 0 saturated heterocycles. The zero-order valence-corrected chi connectivity index (χ0v) is 15.9. The molecule has 3 aromatic rings. The molecule has 0 nitrogen and oxygen atoms in total. The van der Waals surface area contributed by atoms with Gasteiger partial charge in [-0.05, 0) is 52.3 Å². The van der Waals surface area contributed by atoms with Gasteiger partial charge in [0.05, 0.1) is 0 Å². The summed E-state index contributed by atoms with van der Waals surface area (Å²) in [5.41, 5.74) is 7.14. The monoisotopic (exact) mass is 344 g/mol. The minimum atomic E-state index is 0.425. The third-order valence-electron chi connectivity index (χ3n) is 5.26. The summed E-state index contributed by atoms with van der Waals surface area (Å²) in [5.74, 6) is 1.01. The van der Waals surface area contributed by atoms with Gasteiger partial charge >= 0.3 is 0 Å². The van der Waals surface area contributed by atoms with Crippen LogP contribution < -0.4 is 0 Å². The van der Waals surface area contributed by atoms with Crippen molar-refractivity contribution in [1.29, 1.82) is 0 Å². The first kappa shape index (κ1) is 16.5. The van der Waals surface area contributed by atoms with Gasteiger partial charge in [0.15, 0.2) is 0 Å². The summed E-state index contributed by atoms with van der Waals surface area (Å²) in [6.45, 7) is 6.81. The zero-order valence-electron chi connectivity index (χ0n) is 15.1. The van der Waals surface area contributed by atoms with Crippen LogP contribution in [0.4, 0.5) is 0 Å². The molecule has 1 atom stereocenters. The molecule has 0 spiro atoms. The summed E-state index contributed by atoms with van der Waals surface area (Å²) in [6, 6.07) is 24.9. The van der Waals surface area contributed by atoms with E-state index in [0.717, 1.165) is 6.42 Å². The average Bonchev–Trinajstić information content (AvgIpc) is 2.65. The molecule has 0 radical (unpaired) electrons. The highest BCUT2D eigenvalue weighted by Crippen LogP contribution is 2.40. The van der Waals surface area contributed by atoms with Crippen molar-refractivity contribution in [2.24, 2.45) is 0 Å². The maximum absolute atomic E-state index is 2.42. The molecule has 3 aromatic carbocycles. The molecule has 4 rings (SSSR count). The van der Waals surface area contributed by atoms with Crippen LogP contribution in [0.1, 0.15) is 60.4 Å². The van der Waals surface area contributed by atoms with Crippen molar-refractivity contribution in [3.05, 3.63) is 94.5 Å². The van der Waals surface area contributed by atoms with Gasteiger partial charge in [-0.15, -0.1) is 0 Å². The van der Waals surface area contributed by atoms with Crippen LogP contribution in [0.15, 0.2) is 76.5 Å². The SMILES string of the molecule is CC(C)c1ccc(C(C)c2ccc3c(c2)Cc2ccccc2S3)cc1. The first-order valence-electron chi connectivity index (χ1n) is 9.10. The van der Waals surface area contributed by atoms with Gasteiger partial charge in [0, 0.05) is 15.7 Å². The lowest BCUT2D eigenvalue weighted by molar-refractivity contribution is 0.858. The van der Waals surface area contributed by atoms with E-state index in [0.29, 0.717) is 11.8 Å². The molecular weight excluding hydrogens is 320 g/mol. The number of hydrogen-bond acceptors (Lipinski definition) is 1. The molecule has 0 N–H and O–H groups in total. The van der Waals surface area contributed by atoms with E-state index >= 15 is 0 Å². The quantitative estimate of drug-likeness (QED) is 0.385. The summed E-state index contributed by atoms with van der Waals surface area (Å²) in [5, 5.41) is 0. The predicted octanol–water partition coefficient (Wildman–Crippen LogP) is 7.02. The largest absolute Gasteiger partial charge is 0.0895 e.